The number of rotatable bonds is 3. The monoisotopic (exact) mass is 202 g/mol. The summed E-state index contributed by atoms with van der Waals surface area (Å²) in [7, 11) is 0. The molecule has 2 aromatic heterocycles. The van der Waals surface area contributed by atoms with Crippen LogP contribution in [0.5, 0.6) is 0 Å². The van der Waals surface area contributed by atoms with Crippen molar-refractivity contribution >= 4 is 0 Å². The summed E-state index contributed by atoms with van der Waals surface area (Å²) in [5.74, 6) is 2.31. The van der Waals surface area contributed by atoms with E-state index in [1.807, 2.05) is 18.5 Å². The molecule has 0 amide bonds. The van der Waals surface area contributed by atoms with Crippen LogP contribution in [0.1, 0.15) is 31.4 Å². The number of hydrogen-bond donors (Lipinski definition) is 0. The first-order valence-corrected chi connectivity index (χ1v) is 5.04. The van der Waals surface area contributed by atoms with E-state index in [1.54, 1.807) is 12.4 Å². The first kappa shape index (κ1) is 9.83. The van der Waals surface area contributed by atoms with Gasteiger partial charge in [-0.25, -0.2) is 15.0 Å². The third-order valence-corrected chi connectivity index (χ3v) is 2.20. The summed E-state index contributed by atoms with van der Waals surface area (Å²) in [6.07, 6.45) is 7.30. The zero-order valence-electron chi connectivity index (χ0n) is 8.96. The van der Waals surface area contributed by atoms with Gasteiger partial charge in [0.15, 0.2) is 0 Å². The first-order valence-electron chi connectivity index (χ1n) is 5.04. The fraction of sp³-hybridized carbons (Fsp3) is 0.364. The fourth-order valence-electron chi connectivity index (χ4n) is 1.52. The zero-order chi connectivity index (χ0) is 10.7. The van der Waals surface area contributed by atoms with Crippen LogP contribution >= 0.6 is 0 Å². The molecule has 0 aliphatic carbocycles. The molecule has 0 fully saturated rings. The standard InChI is InChI=1S/C11H14N4/c1-9(2)11-14-6-7-15(11)8-10-12-4-3-5-13-10/h3-7,9H,8H2,1-2H3. The average Bonchev–Trinajstić information content (AvgIpc) is 2.67. The SMILES string of the molecule is CC(C)c1nccn1Cc1ncccn1. The Morgan fingerprint density at radius 3 is 2.53 bits per heavy atom. The van der Waals surface area contributed by atoms with Crippen molar-refractivity contribution in [2.75, 3.05) is 0 Å². The molecular weight excluding hydrogens is 188 g/mol. The molecule has 0 spiro atoms. The number of imidazole rings is 1. The minimum atomic E-state index is 0.420. The van der Waals surface area contributed by atoms with Crippen molar-refractivity contribution in [3.63, 3.8) is 0 Å². The van der Waals surface area contributed by atoms with Gasteiger partial charge < -0.3 is 4.57 Å². The third kappa shape index (κ3) is 2.21. The highest BCUT2D eigenvalue weighted by atomic mass is 15.1. The molecular formula is C11H14N4. The van der Waals surface area contributed by atoms with Gasteiger partial charge in [0.05, 0.1) is 6.54 Å². The lowest BCUT2D eigenvalue weighted by atomic mass is 10.2. The van der Waals surface area contributed by atoms with Crippen molar-refractivity contribution in [2.24, 2.45) is 0 Å². The molecule has 2 rings (SSSR count). The molecule has 0 saturated carbocycles. The smallest absolute Gasteiger partial charge is 0.147 e. The highest BCUT2D eigenvalue weighted by molar-refractivity contribution is 5.01. The maximum absolute atomic E-state index is 4.32. The number of nitrogens with zero attached hydrogens (tertiary/aromatic N) is 4. The number of aromatic nitrogens is 4. The van der Waals surface area contributed by atoms with Crippen LogP contribution in [0.4, 0.5) is 0 Å². The second-order valence-electron chi connectivity index (χ2n) is 3.73. The molecule has 2 heterocycles. The van der Waals surface area contributed by atoms with Crippen molar-refractivity contribution in [1.82, 2.24) is 19.5 Å². The molecule has 0 bridgehead atoms. The molecule has 0 aliphatic rings. The normalized spacial score (nSPS) is 10.9. The molecule has 2 aromatic rings. The Bertz CT molecular complexity index is 419. The molecule has 0 radical (unpaired) electrons. The maximum atomic E-state index is 4.32. The van der Waals surface area contributed by atoms with E-state index in [0.29, 0.717) is 12.5 Å². The lowest BCUT2D eigenvalue weighted by Gasteiger charge is -2.08. The summed E-state index contributed by atoms with van der Waals surface area (Å²) in [5.41, 5.74) is 0. The van der Waals surface area contributed by atoms with Gasteiger partial charge in [0, 0.05) is 30.7 Å². The van der Waals surface area contributed by atoms with E-state index >= 15 is 0 Å². The van der Waals surface area contributed by atoms with Crippen LogP contribution in [-0.2, 0) is 6.54 Å². The van der Waals surface area contributed by atoms with Crippen LogP contribution in [0.3, 0.4) is 0 Å². The lowest BCUT2D eigenvalue weighted by molar-refractivity contribution is 0.649. The molecule has 0 atom stereocenters. The summed E-state index contributed by atoms with van der Waals surface area (Å²) in [6.45, 7) is 4.95. The third-order valence-electron chi connectivity index (χ3n) is 2.20. The van der Waals surface area contributed by atoms with E-state index in [-0.39, 0.29) is 0 Å². The Morgan fingerprint density at radius 1 is 1.13 bits per heavy atom. The van der Waals surface area contributed by atoms with Crippen molar-refractivity contribution in [3.8, 4) is 0 Å². The quantitative estimate of drug-likeness (QED) is 0.762. The molecule has 0 unspecified atom stereocenters. The predicted molar refractivity (Wildman–Crippen MR) is 57.5 cm³/mol. The van der Waals surface area contributed by atoms with Crippen LogP contribution in [-0.4, -0.2) is 19.5 Å². The zero-order valence-corrected chi connectivity index (χ0v) is 8.96. The van der Waals surface area contributed by atoms with E-state index in [0.717, 1.165) is 11.6 Å². The summed E-state index contributed by atoms with van der Waals surface area (Å²) in [6, 6.07) is 1.82. The van der Waals surface area contributed by atoms with Crippen LogP contribution in [0.25, 0.3) is 0 Å². The fourth-order valence-corrected chi connectivity index (χ4v) is 1.52. The second-order valence-corrected chi connectivity index (χ2v) is 3.73. The van der Waals surface area contributed by atoms with Crippen LogP contribution in [0.15, 0.2) is 30.9 Å². The van der Waals surface area contributed by atoms with Crippen LogP contribution in [0, 0.1) is 0 Å². The summed E-state index contributed by atoms with van der Waals surface area (Å²) < 4.78 is 2.08. The number of hydrogen-bond acceptors (Lipinski definition) is 3. The van der Waals surface area contributed by atoms with Gasteiger partial charge in [0.25, 0.3) is 0 Å². The average molecular weight is 202 g/mol. The molecule has 0 aliphatic heterocycles. The van der Waals surface area contributed by atoms with Crippen molar-refractivity contribution in [2.45, 2.75) is 26.3 Å². The van der Waals surface area contributed by atoms with E-state index in [2.05, 4.69) is 33.4 Å². The summed E-state index contributed by atoms with van der Waals surface area (Å²) >= 11 is 0. The van der Waals surface area contributed by atoms with E-state index in [4.69, 9.17) is 0 Å². The van der Waals surface area contributed by atoms with E-state index in [9.17, 15) is 0 Å². The van der Waals surface area contributed by atoms with Crippen molar-refractivity contribution in [1.29, 1.82) is 0 Å². The topological polar surface area (TPSA) is 43.6 Å². The molecule has 78 valence electrons. The van der Waals surface area contributed by atoms with E-state index < -0.39 is 0 Å². The maximum Gasteiger partial charge on any atom is 0.147 e. The highest BCUT2D eigenvalue weighted by Crippen LogP contribution is 2.12. The molecule has 4 nitrogen and oxygen atoms in total. The van der Waals surface area contributed by atoms with Crippen LogP contribution < -0.4 is 0 Å². The Balaban J connectivity index is 2.21. The van der Waals surface area contributed by atoms with E-state index in [1.165, 1.54) is 0 Å². The van der Waals surface area contributed by atoms with Gasteiger partial charge >= 0.3 is 0 Å². The van der Waals surface area contributed by atoms with Gasteiger partial charge in [-0.05, 0) is 6.07 Å². The minimum absolute atomic E-state index is 0.420. The molecule has 4 heteroatoms. The molecule has 0 aromatic carbocycles. The van der Waals surface area contributed by atoms with Crippen molar-refractivity contribution in [3.05, 3.63) is 42.5 Å². The van der Waals surface area contributed by atoms with Gasteiger partial charge in [-0.3, -0.25) is 0 Å². The van der Waals surface area contributed by atoms with Gasteiger partial charge in [-0.1, -0.05) is 13.8 Å². The van der Waals surface area contributed by atoms with Gasteiger partial charge in [-0.15, -0.1) is 0 Å². The second kappa shape index (κ2) is 4.21. The van der Waals surface area contributed by atoms with Gasteiger partial charge in [0.2, 0.25) is 0 Å². The largest absolute Gasteiger partial charge is 0.327 e. The molecule has 15 heavy (non-hydrogen) atoms. The van der Waals surface area contributed by atoms with Crippen molar-refractivity contribution < 1.29 is 0 Å². The van der Waals surface area contributed by atoms with Crippen LogP contribution in [0.2, 0.25) is 0 Å². The summed E-state index contributed by atoms with van der Waals surface area (Å²) in [5, 5.41) is 0. The van der Waals surface area contributed by atoms with Gasteiger partial charge in [0.1, 0.15) is 11.6 Å². The Hall–Kier alpha value is -1.71. The Kier molecular flexibility index (Phi) is 2.76. The first-order chi connectivity index (χ1) is 7.27. The molecule has 0 N–H and O–H groups in total. The highest BCUT2D eigenvalue weighted by Gasteiger charge is 2.07. The minimum Gasteiger partial charge on any atom is -0.327 e. The summed E-state index contributed by atoms with van der Waals surface area (Å²) in [4.78, 5) is 12.7. The predicted octanol–water partition coefficient (Wildman–Crippen LogP) is 1.84. The Morgan fingerprint density at radius 2 is 1.87 bits per heavy atom. The lowest BCUT2D eigenvalue weighted by Crippen LogP contribution is -2.08. The van der Waals surface area contributed by atoms with Gasteiger partial charge in [-0.2, -0.15) is 0 Å². The Labute approximate surface area is 89.0 Å². The molecule has 0 saturated heterocycles.